The van der Waals surface area contributed by atoms with E-state index in [1.165, 1.54) is 70.6 Å². The molecule has 2 nitrogen and oxygen atoms in total. The van der Waals surface area contributed by atoms with Gasteiger partial charge in [0.2, 0.25) is 0 Å². The van der Waals surface area contributed by atoms with Gasteiger partial charge in [-0.1, -0.05) is 83.1 Å². The van der Waals surface area contributed by atoms with Crippen LogP contribution in [0.5, 0.6) is 0 Å². The number of rotatable bonds is 17. The van der Waals surface area contributed by atoms with Gasteiger partial charge in [0.1, 0.15) is 6.61 Å². The molecular weight excluding hydrogens is 284 g/mol. The van der Waals surface area contributed by atoms with Crippen molar-refractivity contribution >= 4 is 5.97 Å². The minimum Gasteiger partial charge on any atom is -0.461 e. The van der Waals surface area contributed by atoms with Crippen molar-refractivity contribution in [2.45, 2.75) is 96.8 Å². The van der Waals surface area contributed by atoms with Crippen LogP contribution in [0.1, 0.15) is 96.8 Å². The molecule has 0 aliphatic carbocycles. The SMILES string of the molecule is C=CCOC(=O)CCCCCCCC=CCCCCCCCC. The van der Waals surface area contributed by atoms with Crippen molar-refractivity contribution in [3.63, 3.8) is 0 Å². The summed E-state index contributed by atoms with van der Waals surface area (Å²) in [6.07, 6.45) is 23.4. The number of hydrogen-bond donors (Lipinski definition) is 0. The Balaban J connectivity index is 3.16. The van der Waals surface area contributed by atoms with Crippen LogP contribution in [0.4, 0.5) is 0 Å². The van der Waals surface area contributed by atoms with Gasteiger partial charge in [-0.2, -0.15) is 0 Å². The number of ether oxygens (including phenoxy) is 1. The molecule has 0 fully saturated rings. The first-order valence-electron chi connectivity index (χ1n) is 9.72. The summed E-state index contributed by atoms with van der Waals surface area (Å²) in [5.74, 6) is -0.0949. The minimum atomic E-state index is -0.0949. The van der Waals surface area contributed by atoms with Crippen LogP contribution in [0.25, 0.3) is 0 Å². The zero-order valence-electron chi connectivity index (χ0n) is 15.4. The molecular formula is C21H38O2. The summed E-state index contributed by atoms with van der Waals surface area (Å²) in [6, 6.07) is 0. The molecule has 0 atom stereocenters. The highest BCUT2D eigenvalue weighted by Gasteiger charge is 2.00. The summed E-state index contributed by atoms with van der Waals surface area (Å²) >= 11 is 0. The van der Waals surface area contributed by atoms with Gasteiger partial charge < -0.3 is 4.74 Å². The van der Waals surface area contributed by atoms with Crippen LogP contribution in [-0.4, -0.2) is 12.6 Å². The third-order valence-electron chi connectivity index (χ3n) is 4.00. The minimum absolute atomic E-state index is 0.0949. The van der Waals surface area contributed by atoms with Crippen molar-refractivity contribution in [2.24, 2.45) is 0 Å². The molecule has 134 valence electrons. The molecule has 23 heavy (non-hydrogen) atoms. The Bertz CT molecular complexity index is 294. The molecule has 0 rings (SSSR count). The predicted molar refractivity (Wildman–Crippen MR) is 101 cm³/mol. The van der Waals surface area contributed by atoms with E-state index in [1.54, 1.807) is 6.08 Å². The maximum Gasteiger partial charge on any atom is 0.306 e. The largest absolute Gasteiger partial charge is 0.461 e. The van der Waals surface area contributed by atoms with Crippen molar-refractivity contribution in [1.82, 2.24) is 0 Å². The first-order valence-corrected chi connectivity index (χ1v) is 9.72. The third-order valence-corrected chi connectivity index (χ3v) is 4.00. The topological polar surface area (TPSA) is 26.3 Å². The first-order chi connectivity index (χ1) is 11.3. The van der Waals surface area contributed by atoms with Gasteiger partial charge in [-0.3, -0.25) is 4.79 Å². The van der Waals surface area contributed by atoms with E-state index in [0.717, 1.165) is 12.8 Å². The number of unbranched alkanes of at least 4 members (excludes halogenated alkanes) is 11. The van der Waals surface area contributed by atoms with Crippen molar-refractivity contribution in [3.05, 3.63) is 24.8 Å². The Hall–Kier alpha value is -1.05. The Morgan fingerprint density at radius 3 is 1.91 bits per heavy atom. The molecule has 0 saturated carbocycles. The Labute approximate surface area is 144 Å². The summed E-state index contributed by atoms with van der Waals surface area (Å²) in [7, 11) is 0. The number of allylic oxidation sites excluding steroid dienone is 2. The van der Waals surface area contributed by atoms with Crippen LogP contribution in [0.2, 0.25) is 0 Å². The second-order valence-electron chi connectivity index (χ2n) is 6.31. The summed E-state index contributed by atoms with van der Waals surface area (Å²) < 4.78 is 4.94. The second-order valence-corrected chi connectivity index (χ2v) is 6.31. The molecule has 0 heterocycles. The van der Waals surface area contributed by atoms with Crippen LogP contribution < -0.4 is 0 Å². The highest BCUT2D eigenvalue weighted by atomic mass is 16.5. The number of esters is 1. The van der Waals surface area contributed by atoms with Gasteiger partial charge in [-0.05, 0) is 32.1 Å². The second kappa shape index (κ2) is 19.0. The molecule has 0 unspecified atom stereocenters. The van der Waals surface area contributed by atoms with Crippen LogP contribution >= 0.6 is 0 Å². The average molecular weight is 323 g/mol. The monoisotopic (exact) mass is 322 g/mol. The smallest absolute Gasteiger partial charge is 0.306 e. The van der Waals surface area contributed by atoms with E-state index < -0.39 is 0 Å². The molecule has 0 aromatic carbocycles. The third kappa shape index (κ3) is 18.9. The van der Waals surface area contributed by atoms with Gasteiger partial charge in [-0.25, -0.2) is 0 Å². The highest BCUT2D eigenvalue weighted by molar-refractivity contribution is 5.69. The molecule has 0 aliphatic heterocycles. The van der Waals surface area contributed by atoms with E-state index in [9.17, 15) is 4.79 Å². The molecule has 0 bridgehead atoms. The number of hydrogen-bond acceptors (Lipinski definition) is 2. The van der Waals surface area contributed by atoms with E-state index in [2.05, 4.69) is 25.7 Å². The zero-order valence-corrected chi connectivity index (χ0v) is 15.4. The van der Waals surface area contributed by atoms with Crippen LogP contribution in [0, 0.1) is 0 Å². The van der Waals surface area contributed by atoms with Gasteiger partial charge in [0.25, 0.3) is 0 Å². The molecule has 0 aliphatic rings. The molecule has 2 heteroatoms. The summed E-state index contributed by atoms with van der Waals surface area (Å²) in [4.78, 5) is 11.3. The lowest BCUT2D eigenvalue weighted by atomic mass is 10.1. The van der Waals surface area contributed by atoms with Crippen molar-refractivity contribution in [2.75, 3.05) is 6.61 Å². The normalized spacial score (nSPS) is 11.0. The van der Waals surface area contributed by atoms with E-state index in [1.807, 2.05) is 0 Å². The van der Waals surface area contributed by atoms with Crippen molar-refractivity contribution < 1.29 is 9.53 Å². The van der Waals surface area contributed by atoms with Gasteiger partial charge in [0.15, 0.2) is 0 Å². The Morgan fingerprint density at radius 2 is 1.35 bits per heavy atom. The van der Waals surface area contributed by atoms with E-state index in [0.29, 0.717) is 13.0 Å². The van der Waals surface area contributed by atoms with E-state index in [-0.39, 0.29) is 5.97 Å². The van der Waals surface area contributed by atoms with Gasteiger partial charge in [0.05, 0.1) is 0 Å². The van der Waals surface area contributed by atoms with Gasteiger partial charge >= 0.3 is 5.97 Å². The van der Waals surface area contributed by atoms with E-state index in [4.69, 9.17) is 4.74 Å². The molecule has 0 aromatic heterocycles. The Morgan fingerprint density at radius 1 is 0.826 bits per heavy atom. The quantitative estimate of drug-likeness (QED) is 0.168. The lowest BCUT2D eigenvalue weighted by molar-refractivity contribution is -0.142. The first kappa shape index (κ1) is 21.9. The lowest BCUT2D eigenvalue weighted by Gasteiger charge is -2.02. The zero-order chi connectivity index (χ0) is 17.0. The van der Waals surface area contributed by atoms with Crippen LogP contribution in [-0.2, 0) is 9.53 Å². The fourth-order valence-corrected chi connectivity index (χ4v) is 2.56. The molecule has 0 radical (unpaired) electrons. The number of carbonyl (C=O) groups excluding carboxylic acids is 1. The molecule has 0 saturated heterocycles. The fourth-order valence-electron chi connectivity index (χ4n) is 2.56. The lowest BCUT2D eigenvalue weighted by Crippen LogP contribution is -2.03. The molecule has 0 aromatic rings. The van der Waals surface area contributed by atoms with Gasteiger partial charge in [-0.15, -0.1) is 0 Å². The average Bonchev–Trinajstić information content (AvgIpc) is 2.56. The van der Waals surface area contributed by atoms with Gasteiger partial charge in [0, 0.05) is 6.42 Å². The molecule has 0 spiro atoms. The Kier molecular flexibility index (Phi) is 18.1. The van der Waals surface area contributed by atoms with Crippen molar-refractivity contribution in [3.8, 4) is 0 Å². The molecule has 0 N–H and O–H groups in total. The van der Waals surface area contributed by atoms with E-state index >= 15 is 0 Å². The number of carbonyl (C=O) groups is 1. The summed E-state index contributed by atoms with van der Waals surface area (Å²) in [6.45, 7) is 6.13. The highest BCUT2D eigenvalue weighted by Crippen LogP contribution is 2.10. The maximum absolute atomic E-state index is 11.3. The maximum atomic E-state index is 11.3. The van der Waals surface area contributed by atoms with Crippen LogP contribution in [0.3, 0.4) is 0 Å². The summed E-state index contributed by atoms with van der Waals surface area (Å²) in [5.41, 5.74) is 0. The van der Waals surface area contributed by atoms with Crippen LogP contribution in [0.15, 0.2) is 24.8 Å². The fraction of sp³-hybridized carbons (Fsp3) is 0.762. The van der Waals surface area contributed by atoms with Crippen molar-refractivity contribution in [1.29, 1.82) is 0 Å². The molecule has 0 amide bonds. The standard InChI is InChI=1S/C21H38O2/c1-3-5-6-7-8-9-10-11-12-13-14-15-16-17-18-19-21(22)23-20-4-2/h4,11-12H,2-3,5-10,13-20H2,1H3. The summed E-state index contributed by atoms with van der Waals surface area (Å²) in [5, 5.41) is 0. The predicted octanol–water partition coefficient (Wildman–Crippen LogP) is 6.75.